The molecule has 1 amide bonds. The number of nitrogens with zero attached hydrogens (tertiary/aromatic N) is 2. The molecule has 2 aliphatic rings. The van der Waals surface area contributed by atoms with Crippen LogP contribution in [0.2, 0.25) is 0 Å². The van der Waals surface area contributed by atoms with Crippen LogP contribution in [0, 0.1) is 11.7 Å². The highest BCUT2D eigenvalue weighted by Gasteiger charge is 2.26. The molecule has 28 heavy (non-hydrogen) atoms. The van der Waals surface area contributed by atoms with Gasteiger partial charge in [0.25, 0.3) is 5.91 Å². The van der Waals surface area contributed by atoms with Gasteiger partial charge in [-0.3, -0.25) is 9.69 Å². The number of nitrogens with two attached hydrogens (primary N) is 1. The number of rotatable bonds is 4. The molecule has 3 heterocycles. The number of piperidine rings is 1. The first-order valence-corrected chi connectivity index (χ1v) is 10.0. The van der Waals surface area contributed by atoms with Crippen molar-refractivity contribution in [1.29, 1.82) is 0 Å². The number of halogens is 1. The van der Waals surface area contributed by atoms with Crippen molar-refractivity contribution in [2.75, 3.05) is 19.6 Å². The van der Waals surface area contributed by atoms with Crippen LogP contribution in [0.3, 0.4) is 0 Å². The van der Waals surface area contributed by atoms with Crippen LogP contribution in [0.5, 0.6) is 0 Å². The van der Waals surface area contributed by atoms with E-state index in [9.17, 15) is 9.18 Å². The molecular weight excluding hydrogens is 355 g/mol. The largest absolute Gasteiger partial charge is 0.364 e. The molecule has 0 saturated carbocycles. The summed E-state index contributed by atoms with van der Waals surface area (Å²) in [5.74, 6) is -0.117. The summed E-state index contributed by atoms with van der Waals surface area (Å²) >= 11 is 0. The molecule has 1 saturated heterocycles. The van der Waals surface area contributed by atoms with Gasteiger partial charge in [0.05, 0.1) is 5.69 Å². The van der Waals surface area contributed by atoms with E-state index in [1.165, 1.54) is 25.0 Å². The molecule has 2 aromatic rings. The van der Waals surface area contributed by atoms with Crippen LogP contribution in [0.4, 0.5) is 4.39 Å². The predicted molar refractivity (Wildman–Crippen MR) is 107 cm³/mol. The van der Waals surface area contributed by atoms with Crippen molar-refractivity contribution in [2.45, 2.75) is 38.8 Å². The number of nitrogens with one attached hydrogen (secondary N) is 1. The molecule has 148 valence electrons. The van der Waals surface area contributed by atoms with Gasteiger partial charge in [-0.25, -0.2) is 9.37 Å². The standard InChI is InChI=1S/C22H27FN4O/c1-14-10-15(6-8-25-14)12-27-9-7-18-19(16-2-4-17(23)5-3-16)11-20(22(24)28)26-21(18)13-27/h2-5,11,14-15,25H,6-10,12-13H2,1H3,(H2,24,28)/t14-,15-/m0/s1. The molecule has 4 rings (SSSR count). The fourth-order valence-electron chi connectivity index (χ4n) is 4.53. The number of amides is 1. The normalized spacial score (nSPS) is 22.6. The SMILES string of the molecule is C[C@H]1C[C@@H](CN2CCc3c(-c4ccc(F)cc4)cc(C(N)=O)nc3C2)CCN1. The van der Waals surface area contributed by atoms with Gasteiger partial charge in [0.1, 0.15) is 11.5 Å². The van der Waals surface area contributed by atoms with E-state index in [0.717, 1.165) is 55.0 Å². The molecular formula is C22H27FN4O. The number of carbonyl (C=O) groups is 1. The number of hydrogen-bond donors (Lipinski definition) is 2. The second kappa shape index (κ2) is 7.97. The van der Waals surface area contributed by atoms with Crippen LogP contribution in [-0.4, -0.2) is 41.5 Å². The summed E-state index contributed by atoms with van der Waals surface area (Å²) in [6, 6.07) is 8.70. The Hall–Kier alpha value is -2.31. The monoisotopic (exact) mass is 382 g/mol. The van der Waals surface area contributed by atoms with Gasteiger partial charge in [0.15, 0.2) is 0 Å². The van der Waals surface area contributed by atoms with E-state index in [1.807, 2.05) is 0 Å². The molecule has 3 N–H and O–H groups in total. The minimum atomic E-state index is -0.532. The highest BCUT2D eigenvalue weighted by atomic mass is 19.1. The predicted octanol–water partition coefficient (Wildman–Crippen LogP) is 2.73. The topological polar surface area (TPSA) is 71.2 Å². The lowest BCUT2D eigenvalue weighted by Gasteiger charge is -2.35. The summed E-state index contributed by atoms with van der Waals surface area (Å²) < 4.78 is 13.4. The van der Waals surface area contributed by atoms with E-state index in [1.54, 1.807) is 18.2 Å². The quantitative estimate of drug-likeness (QED) is 0.853. The third-order valence-corrected chi connectivity index (χ3v) is 5.92. The van der Waals surface area contributed by atoms with Gasteiger partial charge < -0.3 is 11.1 Å². The number of pyridine rings is 1. The lowest BCUT2D eigenvalue weighted by Crippen LogP contribution is -2.42. The number of fused-ring (bicyclic) bond motifs is 1. The third-order valence-electron chi connectivity index (χ3n) is 5.92. The van der Waals surface area contributed by atoms with Crippen molar-refractivity contribution in [3.63, 3.8) is 0 Å². The van der Waals surface area contributed by atoms with Gasteiger partial charge in [-0.2, -0.15) is 0 Å². The molecule has 6 heteroatoms. The molecule has 2 atom stereocenters. The first kappa shape index (κ1) is 19.0. The van der Waals surface area contributed by atoms with Crippen LogP contribution < -0.4 is 11.1 Å². The molecule has 5 nitrogen and oxygen atoms in total. The van der Waals surface area contributed by atoms with E-state index in [4.69, 9.17) is 5.73 Å². The molecule has 1 fully saturated rings. The summed E-state index contributed by atoms with van der Waals surface area (Å²) in [5, 5.41) is 3.51. The zero-order valence-electron chi connectivity index (χ0n) is 16.2. The van der Waals surface area contributed by atoms with Crippen LogP contribution in [0.15, 0.2) is 30.3 Å². The van der Waals surface area contributed by atoms with E-state index < -0.39 is 5.91 Å². The van der Waals surface area contributed by atoms with E-state index in [-0.39, 0.29) is 11.5 Å². The van der Waals surface area contributed by atoms with Crippen molar-refractivity contribution in [3.05, 3.63) is 53.1 Å². The second-order valence-electron chi connectivity index (χ2n) is 8.08. The maximum Gasteiger partial charge on any atom is 0.267 e. The number of primary amides is 1. The maximum atomic E-state index is 13.4. The Bertz CT molecular complexity index is 868. The van der Waals surface area contributed by atoms with Crippen molar-refractivity contribution in [2.24, 2.45) is 11.7 Å². The Balaban J connectivity index is 1.61. The molecule has 0 spiro atoms. The van der Waals surface area contributed by atoms with Crippen molar-refractivity contribution in [3.8, 4) is 11.1 Å². The molecule has 0 unspecified atom stereocenters. The minimum Gasteiger partial charge on any atom is -0.364 e. The van der Waals surface area contributed by atoms with E-state index in [2.05, 4.69) is 22.1 Å². The average Bonchev–Trinajstić information content (AvgIpc) is 2.67. The molecule has 0 radical (unpaired) electrons. The van der Waals surface area contributed by atoms with Gasteiger partial charge in [0.2, 0.25) is 0 Å². The Kier molecular flexibility index (Phi) is 5.42. The number of benzene rings is 1. The number of hydrogen-bond acceptors (Lipinski definition) is 4. The minimum absolute atomic E-state index is 0.274. The average molecular weight is 382 g/mol. The highest BCUT2D eigenvalue weighted by Crippen LogP contribution is 2.31. The number of carbonyl (C=O) groups excluding carboxylic acids is 1. The van der Waals surface area contributed by atoms with Gasteiger partial charge in [-0.15, -0.1) is 0 Å². The van der Waals surface area contributed by atoms with Gasteiger partial charge in [-0.05, 0) is 73.5 Å². The third kappa shape index (κ3) is 4.08. The van der Waals surface area contributed by atoms with Crippen LogP contribution in [0.1, 0.15) is 41.5 Å². The van der Waals surface area contributed by atoms with Crippen LogP contribution >= 0.6 is 0 Å². The molecule has 2 aliphatic heterocycles. The summed E-state index contributed by atoms with van der Waals surface area (Å²) in [6.07, 6.45) is 3.26. The zero-order valence-corrected chi connectivity index (χ0v) is 16.2. The summed E-state index contributed by atoms with van der Waals surface area (Å²) in [4.78, 5) is 18.9. The lowest BCUT2D eigenvalue weighted by molar-refractivity contribution is 0.0994. The molecule has 0 aliphatic carbocycles. The Morgan fingerprint density at radius 2 is 2.14 bits per heavy atom. The fourth-order valence-corrected chi connectivity index (χ4v) is 4.53. The first-order valence-electron chi connectivity index (χ1n) is 10.0. The zero-order chi connectivity index (χ0) is 19.7. The fraction of sp³-hybridized carbons (Fsp3) is 0.455. The van der Waals surface area contributed by atoms with Crippen molar-refractivity contribution < 1.29 is 9.18 Å². The first-order chi connectivity index (χ1) is 13.5. The van der Waals surface area contributed by atoms with Gasteiger partial charge in [0, 0.05) is 25.7 Å². The Morgan fingerprint density at radius 3 is 2.86 bits per heavy atom. The Labute approximate surface area is 165 Å². The molecule has 0 bridgehead atoms. The van der Waals surface area contributed by atoms with E-state index in [0.29, 0.717) is 12.0 Å². The summed E-state index contributed by atoms with van der Waals surface area (Å²) in [5.41, 5.74) is 9.70. The van der Waals surface area contributed by atoms with Crippen LogP contribution in [-0.2, 0) is 13.0 Å². The Morgan fingerprint density at radius 1 is 1.36 bits per heavy atom. The van der Waals surface area contributed by atoms with Crippen molar-refractivity contribution >= 4 is 5.91 Å². The number of aromatic nitrogens is 1. The summed E-state index contributed by atoms with van der Waals surface area (Å²) in [7, 11) is 0. The van der Waals surface area contributed by atoms with Crippen LogP contribution in [0.25, 0.3) is 11.1 Å². The maximum absolute atomic E-state index is 13.4. The lowest BCUT2D eigenvalue weighted by atomic mass is 9.90. The van der Waals surface area contributed by atoms with E-state index >= 15 is 0 Å². The second-order valence-corrected chi connectivity index (χ2v) is 8.08. The van der Waals surface area contributed by atoms with Gasteiger partial charge >= 0.3 is 0 Å². The molecule has 1 aromatic carbocycles. The van der Waals surface area contributed by atoms with Gasteiger partial charge in [-0.1, -0.05) is 12.1 Å². The smallest absolute Gasteiger partial charge is 0.267 e. The van der Waals surface area contributed by atoms with Crippen molar-refractivity contribution in [1.82, 2.24) is 15.2 Å². The molecule has 1 aromatic heterocycles. The highest BCUT2D eigenvalue weighted by molar-refractivity contribution is 5.92. The summed E-state index contributed by atoms with van der Waals surface area (Å²) in [6.45, 7) is 6.07.